The zero-order valence-electron chi connectivity index (χ0n) is 11.1. The van der Waals surface area contributed by atoms with Crippen molar-refractivity contribution in [3.05, 3.63) is 0 Å². The number of unbranched alkanes of at least 4 members (excludes halogenated alkanes) is 3. The van der Waals surface area contributed by atoms with E-state index in [9.17, 15) is 4.79 Å². The van der Waals surface area contributed by atoms with Gasteiger partial charge in [0.1, 0.15) is 0 Å². The largest absolute Gasteiger partial charge is 0.257 e. The summed E-state index contributed by atoms with van der Waals surface area (Å²) in [6.07, 6.45) is 11.1. The summed E-state index contributed by atoms with van der Waals surface area (Å²) in [7, 11) is -1.21. The Morgan fingerprint density at radius 2 is 1.12 bits per heavy atom. The molecule has 0 aliphatic rings. The standard InChI is InChI=1S/C13H28OP.Co/c1-4-7-10-15(13-14,11-8-5-2)12-9-6-3;/h13H,4-12H2,1-3H3;/q+1;. The van der Waals surface area contributed by atoms with E-state index in [-0.39, 0.29) is 16.8 Å². The van der Waals surface area contributed by atoms with Crippen molar-refractivity contribution in [3.63, 3.8) is 0 Å². The van der Waals surface area contributed by atoms with E-state index in [0.717, 1.165) is 0 Å². The smallest absolute Gasteiger partial charge is 0.256 e. The molecule has 0 bridgehead atoms. The first-order valence-corrected chi connectivity index (χ1v) is 8.98. The summed E-state index contributed by atoms with van der Waals surface area (Å²) in [5, 5.41) is 0. The summed E-state index contributed by atoms with van der Waals surface area (Å²) in [4.78, 5) is 11.4. The van der Waals surface area contributed by atoms with Gasteiger partial charge in [-0.3, -0.25) is 4.79 Å². The van der Waals surface area contributed by atoms with E-state index in [0.29, 0.717) is 0 Å². The van der Waals surface area contributed by atoms with Crippen LogP contribution in [0.4, 0.5) is 0 Å². The number of hydrogen-bond acceptors (Lipinski definition) is 1. The van der Waals surface area contributed by atoms with Gasteiger partial charge >= 0.3 is 0 Å². The quantitative estimate of drug-likeness (QED) is 0.425. The summed E-state index contributed by atoms with van der Waals surface area (Å²) >= 11 is 0. The van der Waals surface area contributed by atoms with Gasteiger partial charge in [-0.1, -0.05) is 40.0 Å². The number of carbonyl (C=O) groups excluding carboxylic acids is 1. The maximum Gasteiger partial charge on any atom is 0.256 e. The maximum atomic E-state index is 11.4. The van der Waals surface area contributed by atoms with Crippen LogP contribution in [0.3, 0.4) is 0 Å². The molecule has 0 aliphatic carbocycles. The van der Waals surface area contributed by atoms with Crippen molar-refractivity contribution in [2.45, 2.75) is 59.3 Å². The molecule has 0 saturated heterocycles. The van der Waals surface area contributed by atoms with E-state index in [1.807, 2.05) is 0 Å². The molecule has 99 valence electrons. The first-order valence-electron chi connectivity index (χ1n) is 6.56. The summed E-state index contributed by atoms with van der Waals surface area (Å²) in [5.74, 6) is 0. The molecule has 0 rings (SSSR count). The fourth-order valence-corrected chi connectivity index (χ4v) is 5.74. The fraction of sp³-hybridized carbons (Fsp3) is 0.923. The van der Waals surface area contributed by atoms with Crippen LogP contribution in [-0.4, -0.2) is 24.5 Å². The molecule has 0 aromatic carbocycles. The normalized spacial score (nSPS) is 10.9. The Bertz CT molecular complexity index is 140. The van der Waals surface area contributed by atoms with Crippen LogP contribution in [0.15, 0.2) is 0 Å². The van der Waals surface area contributed by atoms with Crippen LogP contribution < -0.4 is 0 Å². The average molecular weight is 290 g/mol. The molecular weight excluding hydrogens is 262 g/mol. The van der Waals surface area contributed by atoms with Gasteiger partial charge in [-0.2, -0.15) is 0 Å². The molecule has 0 fully saturated rings. The van der Waals surface area contributed by atoms with E-state index >= 15 is 0 Å². The third-order valence-corrected chi connectivity index (χ3v) is 7.16. The molecule has 0 atom stereocenters. The average Bonchev–Trinajstić information content (AvgIpc) is 2.29. The second-order valence-corrected chi connectivity index (χ2v) is 8.54. The molecule has 1 nitrogen and oxygen atoms in total. The van der Waals surface area contributed by atoms with Gasteiger partial charge in [0.2, 0.25) is 0 Å². The van der Waals surface area contributed by atoms with Crippen molar-refractivity contribution in [2.75, 3.05) is 18.5 Å². The van der Waals surface area contributed by atoms with Crippen molar-refractivity contribution in [2.24, 2.45) is 0 Å². The number of rotatable bonds is 10. The third-order valence-electron chi connectivity index (χ3n) is 3.09. The van der Waals surface area contributed by atoms with Crippen LogP contribution in [-0.2, 0) is 21.6 Å². The Labute approximate surface area is 113 Å². The Kier molecular flexibility index (Phi) is 14.3. The molecule has 0 N–H and O–H groups in total. The Morgan fingerprint density at radius 3 is 1.31 bits per heavy atom. The molecule has 0 heterocycles. The Hall–Kier alpha value is 0.606. The van der Waals surface area contributed by atoms with Gasteiger partial charge in [0, 0.05) is 16.8 Å². The van der Waals surface area contributed by atoms with Crippen LogP contribution >= 0.6 is 7.26 Å². The van der Waals surface area contributed by atoms with Gasteiger partial charge < -0.3 is 0 Å². The summed E-state index contributed by atoms with van der Waals surface area (Å²) < 4.78 is 0. The predicted octanol–water partition coefficient (Wildman–Crippen LogP) is 4.59. The predicted molar refractivity (Wildman–Crippen MR) is 73.0 cm³/mol. The van der Waals surface area contributed by atoms with E-state index in [2.05, 4.69) is 20.8 Å². The van der Waals surface area contributed by atoms with Crippen molar-refractivity contribution >= 4 is 13.3 Å². The second-order valence-electron chi connectivity index (χ2n) is 4.56. The topological polar surface area (TPSA) is 17.1 Å². The van der Waals surface area contributed by atoms with Crippen molar-refractivity contribution in [1.82, 2.24) is 0 Å². The van der Waals surface area contributed by atoms with Gasteiger partial charge in [-0.15, -0.1) is 0 Å². The van der Waals surface area contributed by atoms with Crippen LogP contribution in [0.2, 0.25) is 0 Å². The van der Waals surface area contributed by atoms with Gasteiger partial charge in [0.15, 0.2) is 0 Å². The number of hydrogen-bond donors (Lipinski definition) is 0. The van der Waals surface area contributed by atoms with Crippen LogP contribution in [0.25, 0.3) is 0 Å². The molecule has 0 unspecified atom stereocenters. The Balaban J connectivity index is 0. The van der Waals surface area contributed by atoms with Gasteiger partial charge in [0.25, 0.3) is 6.03 Å². The first-order chi connectivity index (χ1) is 7.24. The third kappa shape index (κ3) is 7.81. The van der Waals surface area contributed by atoms with E-state index in [1.54, 1.807) is 0 Å². The molecule has 0 spiro atoms. The molecule has 0 aromatic heterocycles. The second kappa shape index (κ2) is 12.1. The fourth-order valence-electron chi connectivity index (χ4n) is 1.91. The Morgan fingerprint density at radius 1 is 0.812 bits per heavy atom. The first kappa shape index (κ1) is 19.0. The molecule has 3 heteroatoms. The SMILES string of the molecule is CCCC[P+](C=O)(CCCC)CCCC.[Co]. The van der Waals surface area contributed by atoms with E-state index in [1.165, 1.54) is 63.0 Å². The molecule has 0 aliphatic heterocycles. The summed E-state index contributed by atoms with van der Waals surface area (Å²) in [6, 6.07) is 1.37. The summed E-state index contributed by atoms with van der Waals surface area (Å²) in [5.41, 5.74) is 0. The molecule has 0 aromatic rings. The zero-order chi connectivity index (χ0) is 11.6. The van der Waals surface area contributed by atoms with Crippen molar-refractivity contribution in [1.29, 1.82) is 0 Å². The van der Waals surface area contributed by atoms with Gasteiger partial charge in [-0.25, -0.2) is 0 Å². The van der Waals surface area contributed by atoms with Gasteiger partial charge in [-0.05, 0) is 19.3 Å². The number of carbonyl (C=O) groups is 1. The minimum Gasteiger partial charge on any atom is -0.257 e. The van der Waals surface area contributed by atoms with E-state index in [4.69, 9.17) is 0 Å². The molecule has 1 radical (unpaired) electrons. The molecular formula is C13H28CoOP+. The zero-order valence-corrected chi connectivity index (χ0v) is 13.1. The molecule has 16 heavy (non-hydrogen) atoms. The van der Waals surface area contributed by atoms with Crippen LogP contribution in [0.1, 0.15) is 59.3 Å². The van der Waals surface area contributed by atoms with Crippen molar-refractivity contribution in [3.8, 4) is 0 Å². The minimum absolute atomic E-state index is 0. The van der Waals surface area contributed by atoms with Gasteiger partial charge in [0.05, 0.1) is 25.7 Å². The maximum absolute atomic E-state index is 11.4. The van der Waals surface area contributed by atoms with Crippen LogP contribution in [0, 0.1) is 0 Å². The molecule has 0 saturated carbocycles. The molecule has 0 amide bonds. The van der Waals surface area contributed by atoms with E-state index < -0.39 is 7.26 Å². The minimum atomic E-state index is -1.21. The van der Waals surface area contributed by atoms with Crippen molar-refractivity contribution < 1.29 is 21.6 Å². The summed E-state index contributed by atoms with van der Waals surface area (Å²) in [6.45, 7) is 6.66. The van der Waals surface area contributed by atoms with Crippen LogP contribution in [0.5, 0.6) is 0 Å². The monoisotopic (exact) mass is 290 g/mol.